The summed E-state index contributed by atoms with van der Waals surface area (Å²) in [5, 5.41) is 0. The van der Waals surface area contributed by atoms with Crippen LogP contribution in [0.15, 0.2) is 59.7 Å². The van der Waals surface area contributed by atoms with Crippen LogP contribution in [0.25, 0.3) is 5.70 Å². The van der Waals surface area contributed by atoms with Gasteiger partial charge in [0.15, 0.2) is 0 Å². The maximum Gasteiger partial charge on any atom is 0.439 e. The van der Waals surface area contributed by atoms with E-state index >= 15 is 0 Å². The van der Waals surface area contributed by atoms with Crippen molar-refractivity contribution in [1.29, 1.82) is 0 Å². The largest absolute Gasteiger partial charge is 0.439 e. The van der Waals surface area contributed by atoms with Crippen molar-refractivity contribution in [2.45, 2.75) is 26.8 Å². The lowest BCUT2D eigenvalue weighted by atomic mass is 10.1. The molecule has 0 aliphatic carbocycles. The molecule has 22 heavy (non-hydrogen) atoms. The number of aromatic nitrogens is 2. The van der Waals surface area contributed by atoms with Gasteiger partial charge in [0.05, 0.1) is 0 Å². The number of hydrogen-bond acceptors (Lipinski definition) is 3. The Labute approximate surface area is 129 Å². The third-order valence-corrected chi connectivity index (χ3v) is 4.17. The van der Waals surface area contributed by atoms with Gasteiger partial charge in [-0.15, -0.1) is 0 Å². The first-order chi connectivity index (χ1) is 10.6. The van der Waals surface area contributed by atoms with E-state index in [1.807, 2.05) is 51.1 Å². The molecule has 0 radical (unpaired) electrons. The first-order valence-corrected chi connectivity index (χ1v) is 7.30. The molecule has 5 nitrogen and oxygen atoms in total. The van der Waals surface area contributed by atoms with Gasteiger partial charge in [-0.25, -0.2) is 14.3 Å². The quantitative estimate of drug-likeness (QED) is 0.796. The second kappa shape index (κ2) is 5.35. The Morgan fingerprint density at radius 3 is 2.55 bits per heavy atom. The van der Waals surface area contributed by atoms with Crippen LogP contribution in [-0.2, 0) is 0 Å². The monoisotopic (exact) mass is 295 g/mol. The topological polar surface area (TPSA) is 47.2 Å². The molecule has 1 aromatic carbocycles. The fraction of sp³-hybridized carbons (Fsp3) is 0.235. The number of hydrogen-bond donors (Lipinski definition) is 0. The van der Waals surface area contributed by atoms with E-state index in [-0.39, 0.29) is 16.6 Å². The maximum absolute atomic E-state index is 13.0. The fourth-order valence-electron chi connectivity index (χ4n) is 2.88. The van der Waals surface area contributed by atoms with E-state index in [4.69, 9.17) is 0 Å². The van der Waals surface area contributed by atoms with Crippen LogP contribution in [-0.4, -0.2) is 32.4 Å². The standard InChI is InChI=1S/C17H19N4O/c1-13(2)21(17(22)20-10-9-18-11-20)12-19-16(14(21)3)15-7-5-4-6-8-15/h4-13H,1-3H3/q+1. The fourth-order valence-corrected chi connectivity index (χ4v) is 2.88. The van der Waals surface area contributed by atoms with Gasteiger partial charge in [-0.2, -0.15) is 9.48 Å². The molecule has 1 aromatic heterocycles. The molecule has 112 valence electrons. The molecular weight excluding hydrogens is 276 g/mol. The summed E-state index contributed by atoms with van der Waals surface area (Å²) in [6.07, 6.45) is 6.56. The smallest absolute Gasteiger partial charge is 0.245 e. The zero-order valence-corrected chi connectivity index (χ0v) is 13.0. The average molecular weight is 295 g/mol. The second-order valence-corrected chi connectivity index (χ2v) is 5.67. The van der Waals surface area contributed by atoms with Gasteiger partial charge in [-0.1, -0.05) is 30.3 Å². The Morgan fingerprint density at radius 2 is 1.95 bits per heavy atom. The molecule has 3 rings (SSSR count). The van der Waals surface area contributed by atoms with Crippen LogP contribution < -0.4 is 0 Å². The maximum atomic E-state index is 13.0. The van der Waals surface area contributed by atoms with Crippen LogP contribution in [0.3, 0.4) is 0 Å². The summed E-state index contributed by atoms with van der Waals surface area (Å²) in [5.74, 6) is 0. The van der Waals surface area contributed by atoms with Crippen molar-refractivity contribution in [3.05, 3.63) is 60.3 Å². The van der Waals surface area contributed by atoms with Crippen molar-refractivity contribution in [2.24, 2.45) is 4.99 Å². The molecule has 0 N–H and O–H groups in total. The molecule has 2 heterocycles. The van der Waals surface area contributed by atoms with Gasteiger partial charge in [-0.05, 0) is 13.8 Å². The molecule has 1 unspecified atom stereocenters. The lowest BCUT2D eigenvalue weighted by molar-refractivity contribution is -0.732. The van der Waals surface area contributed by atoms with Crippen LogP contribution in [0.1, 0.15) is 26.3 Å². The van der Waals surface area contributed by atoms with Gasteiger partial charge in [0, 0.05) is 24.9 Å². The molecule has 1 aliphatic heterocycles. The molecule has 0 saturated heterocycles. The van der Waals surface area contributed by atoms with Gasteiger partial charge in [0.2, 0.25) is 6.34 Å². The number of rotatable bonds is 2. The average Bonchev–Trinajstić information content (AvgIpc) is 3.16. The van der Waals surface area contributed by atoms with E-state index < -0.39 is 0 Å². The predicted molar refractivity (Wildman–Crippen MR) is 85.9 cm³/mol. The minimum absolute atomic E-state index is 0.0415. The number of allylic oxidation sites excluding steroid dienone is 1. The number of nitrogens with zero attached hydrogens (tertiary/aromatic N) is 4. The Morgan fingerprint density at radius 1 is 1.23 bits per heavy atom. The van der Waals surface area contributed by atoms with Crippen LogP contribution in [0.5, 0.6) is 0 Å². The summed E-state index contributed by atoms with van der Waals surface area (Å²) in [6.45, 7) is 6.03. The van der Waals surface area contributed by atoms with Crippen molar-refractivity contribution in [3.8, 4) is 0 Å². The van der Waals surface area contributed by atoms with Crippen molar-refractivity contribution in [1.82, 2.24) is 9.55 Å². The molecule has 0 fully saturated rings. The van der Waals surface area contributed by atoms with Gasteiger partial charge < -0.3 is 0 Å². The molecule has 2 aromatic rings. The van der Waals surface area contributed by atoms with Gasteiger partial charge in [-0.3, -0.25) is 0 Å². The van der Waals surface area contributed by atoms with Gasteiger partial charge >= 0.3 is 6.03 Å². The van der Waals surface area contributed by atoms with E-state index in [2.05, 4.69) is 9.98 Å². The molecule has 1 atom stereocenters. The lowest BCUT2D eigenvalue weighted by Gasteiger charge is -2.32. The summed E-state index contributed by atoms with van der Waals surface area (Å²) >= 11 is 0. The van der Waals surface area contributed by atoms with Gasteiger partial charge in [0.1, 0.15) is 23.8 Å². The third kappa shape index (κ3) is 2.02. The number of aliphatic imine (C=N–C) groups is 1. The number of carbonyl (C=O) groups excluding carboxylic acids is 1. The van der Waals surface area contributed by atoms with E-state index in [0.717, 1.165) is 17.0 Å². The number of amides is 1. The van der Waals surface area contributed by atoms with Crippen molar-refractivity contribution in [3.63, 3.8) is 0 Å². The van der Waals surface area contributed by atoms with Crippen molar-refractivity contribution < 1.29 is 9.28 Å². The number of quaternary nitrogens is 1. The van der Waals surface area contributed by atoms with Crippen molar-refractivity contribution in [2.75, 3.05) is 0 Å². The molecule has 0 bridgehead atoms. The lowest BCUT2D eigenvalue weighted by Crippen LogP contribution is -2.55. The minimum atomic E-state index is -0.0697. The van der Waals surface area contributed by atoms with Crippen LogP contribution in [0, 0.1) is 0 Å². The third-order valence-electron chi connectivity index (χ3n) is 4.17. The first kappa shape index (κ1) is 14.4. The SMILES string of the molecule is CC1=C(c2ccccc2)N=C[N+]1(C(=O)n1ccnc1)C(C)C. The molecule has 5 heteroatoms. The van der Waals surface area contributed by atoms with E-state index in [9.17, 15) is 4.79 Å². The van der Waals surface area contributed by atoms with E-state index in [0.29, 0.717) is 0 Å². The Balaban J connectivity index is 2.13. The van der Waals surface area contributed by atoms with Gasteiger partial charge in [0.25, 0.3) is 0 Å². The first-order valence-electron chi connectivity index (χ1n) is 7.30. The van der Waals surface area contributed by atoms with Crippen LogP contribution in [0.2, 0.25) is 0 Å². The molecule has 1 amide bonds. The number of benzene rings is 1. The van der Waals surface area contributed by atoms with Crippen molar-refractivity contribution >= 4 is 18.1 Å². The highest BCUT2D eigenvalue weighted by molar-refractivity contribution is 5.87. The highest BCUT2D eigenvalue weighted by Gasteiger charge is 2.47. The Bertz CT molecular complexity index is 744. The van der Waals surface area contributed by atoms with E-state index in [1.165, 1.54) is 10.9 Å². The number of carbonyl (C=O) groups is 1. The zero-order valence-electron chi connectivity index (χ0n) is 13.0. The second-order valence-electron chi connectivity index (χ2n) is 5.67. The van der Waals surface area contributed by atoms with Crippen LogP contribution in [0.4, 0.5) is 4.79 Å². The normalized spacial score (nSPS) is 20.9. The zero-order chi connectivity index (χ0) is 15.7. The van der Waals surface area contributed by atoms with E-state index in [1.54, 1.807) is 18.7 Å². The summed E-state index contributed by atoms with van der Waals surface area (Å²) in [7, 11) is 0. The molecule has 0 spiro atoms. The summed E-state index contributed by atoms with van der Waals surface area (Å²) in [6, 6.07) is 9.92. The predicted octanol–water partition coefficient (Wildman–Crippen LogP) is 3.51. The molecular formula is C17H19N4O+. The molecule has 1 aliphatic rings. The highest BCUT2D eigenvalue weighted by atomic mass is 16.2. The minimum Gasteiger partial charge on any atom is -0.245 e. The highest BCUT2D eigenvalue weighted by Crippen LogP contribution is 2.35. The summed E-state index contributed by atoms with van der Waals surface area (Å²) in [4.78, 5) is 21.6. The Hall–Kier alpha value is -2.53. The summed E-state index contributed by atoms with van der Waals surface area (Å²) < 4.78 is 1.60. The summed E-state index contributed by atoms with van der Waals surface area (Å²) in [5.41, 5.74) is 2.82. The van der Waals surface area contributed by atoms with Crippen LogP contribution >= 0.6 is 0 Å². The number of imidazole rings is 1. The Kier molecular flexibility index (Phi) is 3.50. The molecule has 0 saturated carbocycles.